The van der Waals surface area contributed by atoms with E-state index >= 15 is 0 Å². The van der Waals surface area contributed by atoms with Crippen LogP contribution in [0.1, 0.15) is 45.4 Å². The lowest BCUT2D eigenvalue weighted by Gasteiger charge is -2.02. The van der Waals surface area contributed by atoms with E-state index in [0.29, 0.717) is 0 Å². The molecule has 0 spiro atoms. The Hall–Kier alpha value is 0.310. The summed E-state index contributed by atoms with van der Waals surface area (Å²) in [6.45, 7) is 3.51. The molecule has 1 N–H and O–H groups in total. The number of hydrogen-bond donors (Lipinski definition) is 1. The highest BCUT2D eigenvalue weighted by Crippen LogP contribution is 2.18. The highest BCUT2D eigenvalue weighted by atomic mass is 32.2. The second kappa shape index (κ2) is 7.69. The monoisotopic (exact) mass is 201 g/mol. The van der Waals surface area contributed by atoms with E-state index in [1.807, 2.05) is 0 Å². The summed E-state index contributed by atoms with van der Waals surface area (Å²) in [5, 5.41) is 3.55. The summed E-state index contributed by atoms with van der Waals surface area (Å²) < 4.78 is 0. The maximum atomic E-state index is 3.55. The van der Waals surface area contributed by atoms with Gasteiger partial charge in [0.25, 0.3) is 0 Å². The van der Waals surface area contributed by atoms with Crippen LogP contribution in [0, 0.1) is 0 Å². The first kappa shape index (κ1) is 11.4. The third-order valence-electron chi connectivity index (χ3n) is 2.37. The van der Waals surface area contributed by atoms with Gasteiger partial charge >= 0.3 is 0 Å². The van der Waals surface area contributed by atoms with Gasteiger partial charge in [-0.3, -0.25) is 0 Å². The summed E-state index contributed by atoms with van der Waals surface area (Å²) in [5.74, 6) is 2.72. The van der Waals surface area contributed by atoms with Crippen LogP contribution < -0.4 is 5.32 Å². The molecule has 0 radical (unpaired) electrons. The van der Waals surface area contributed by atoms with Gasteiger partial charge in [0.15, 0.2) is 0 Å². The van der Waals surface area contributed by atoms with Gasteiger partial charge < -0.3 is 5.32 Å². The summed E-state index contributed by atoms with van der Waals surface area (Å²) in [4.78, 5) is 0. The van der Waals surface area contributed by atoms with Crippen LogP contribution in [0.5, 0.6) is 0 Å². The molecular weight excluding hydrogens is 178 g/mol. The second-order valence-corrected chi connectivity index (χ2v) is 5.13. The number of unbranched alkanes of at least 4 members (excludes halogenated alkanes) is 2. The molecule has 0 saturated heterocycles. The minimum Gasteiger partial charge on any atom is -0.314 e. The minimum atomic E-state index is 0.894. The van der Waals surface area contributed by atoms with Crippen molar-refractivity contribution in [3.05, 3.63) is 0 Å². The van der Waals surface area contributed by atoms with Crippen molar-refractivity contribution in [1.29, 1.82) is 0 Å². The van der Waals surface area contributed by atoms with Crippen LogP contribution in [0.3, 0.4) is 0 Å². The molecule has 1 fully saturated rings. The summed E-state index contributed by atoms with van der Waals surface area (Å²) in [5.41, 5.74) is 0. The van der Waals surface area contributed by atoms with Crippen LogP contribution in [0.2, 0.25) is 0 Å². The number of rotatable bonds is 9. The van der Waals surface area contributed by atoms with Crippen molar-refractivity contribution in [2.45, 2.75) is 51.5 Å². The first-order chi connectivity index (χ1) is 6.43. The topological polar surface area (TPSA) is 12.0 Å². The first-order valence-corrected chi connectivity index (χ1v) is 6.90. The average Bonchev–Trinajstić information content (AvgIpc) is 2.93. The molecule has 0 unspecified atom stereocenters. The Morgan fingerprint density at radius 1 is 1.15 bits per heavy atom. The van der Waals surface area contributed by atoms with Gasteiger partial charge in [-0.25, -0.2) is 0 Å². The molecule has 0 aromatic rings. The van der Waals surface area contributed by atoms with Gasteiger partial charge in [-0.2, -0.15) is 11.8 Å². The Labute approximate surface area is 87.1 Å². The normalized spacial score (nSPS) is 16.4. The summed E-state index contributed by atoms with van der Waals surface area (Å²) in [7, 11) is 0. The SMILES string of the molecule is CCCCCSCCCNC1CC1. The van der Waals surface area contributed by atoms with E-state index in [0.717, 1.165) is 6.04 Å². The highest BCUT2D eigenvalue weighted by molar-refractivity contribution is 7.99. The standard InChI is InChI=1S/C11H23NS/c1-2-3-4-9-13-10-5-8-12-11-6-7-11/h11-12H,2-10H2,1H3. The lowest BCUT2D eigenvalue weighted by molar-refractivity contribution is 0.674. The highest BCUT2D eigenvalue weighted by Gasteiger charge is 2.19. The molecule has 0 aliphatic heterocycles. The molecule has 0 atom stereocenters. The largest absolute Gasteiger partial charge is 0.314 e. The molecular formula is C11H23NS. The van der Waals surface area contributed by atoms with Crippen molar-refractivity contribution in [1.82, 2.24) is 5.32 Å². The van der Waals surface area contributed by atoms with E-state index in [4.69, 9.17) is 0 Å². The van der Waals surface area contributed by atoms with E-state index in [2.05, 4.69) is 24.0 Å². The average molecular weight is 201 g/mol. The van der Waals surface area contributed by atoms with Crippen LogP contribution in [-0.4, -0.2) is 24.1 Å². The van der Waals surface area contributed by atoms with Crippen LogP contribution in [0.25, 0.3) is 0 Å². The quantitative estimate of drug-likeness (QED) is 0.575. The molecule has 1 rings (SSSR count). The van der Waals surface area contributed by atoms with E-state index < -0.39 is 0 Å². The van der Waals surface area contributed by atoms with Gasteiger partial charge in [0.05, 0.1) is 0 Å². The molecule has 78 valence electrons. The lowest BCUT2D eigenvalue weighted by Crippen LogP contribution is -2.17. The Kier molecular flexibility index (Phi) is 6.73. The second-order valence-electron chi connectivity index (χ2n) is 3.90. The molecule has 13 heavy (non-hydrogen) atoms. The van der Waals surface area contributed by atoms with Crippen LogP contribution >= 0.6 is 11.8 Å². The van der Waals surface area contributed by atoms with Crippen molar-refractivity contribution >= 4 is 11.8 Å². The molecule has 0 aromatic carbocycles. The zero-order valence-electron chi connectivity index (χ0n) is 8.85. The summed E-state index contributed by atoms with van der Waals surface area (Å²) >= 11 is 2.13. The van der Waals surface area contributed by atoms with E-state index in [9.17, 15) is 0 Å². The van der Waals surface area contributed by atoms with Crippen molar-refractivity contribution in [2.75, 3.05) is 18.1 Å². The molecule has 0 amide bonds. The Morgan fingerprint density at radius 2 is 1.92 bits per heavy atom. The number of hydrogen-bond acceptors (Lipinski definition) is 2. The zero-order valence-corrected chi connectivity index (χ0v) is 9.67. The first-order valence-electron chi connectivity index (χ1n) is 5.74. The third kappa shape index (κ3) is 7.39. The molecule has 0 aromatic heterocycles. The van der Waals surface area contributed by atoms with Gasteiger partial charge in [-0.1, -0.05) is 19.8 Å². The van der Waals surface area contributed by atoms with Gasteiger partial charge in [0, 0.05) is 6.04 Å². The smallest absolute Gasteiger partial charge is 0.00682 e. The summed E-state index contributed by atoms with van der Waals surface area (Å²) in [6.07, 6.45) is 8.37. The Bertz CT molecular complexity index is 113. The van der Waals surface area contributed by atoms with Crippen molar-refractivity contribution < 1.29 is 0 Å². The zero-order chi connectivity index (χ0) is 9.36. The Morgan fingerprint density at radius 3 is 2.62 bits per heavy atom. The van der Waals surface area contributed by atoms with E-state index in [-0.39, 0.29) is 0 Å². The van der Waals surface area contributed by atoms with Crippen LogP contribution in [0.4, 0.5) is 0 Å². The molecule has 0 bridgehead atoms. The predicted molar refractivity (Wildman–Crippen MR) is 62.5 cm³/mol. The molecule has 1 nitrogen and oxygen atoms in total. The molecule has 1 saturated carbocycles. The Balaban J connectivity index is 1.63. The summed E-state index contributed by atoms with van der Waals surface area (Å²) in [6, 6.07) is 0.894. The van der Waals surface area contributed by atoms with Crippen LogP contribution in [0.15, 0.2) is 0 Å². The lowest BCUT2D eigenvalue weighted by atomic mass is 10.3. The fourth-order valence-corrected chi connectivity index (χ4v) is 2.28. The van der Waals surface area contributed by atoms with Crippen molar-refractivity contribution in [3.8, 4) is 0 Å². The van der Waals surface area contributed by atoms with Crippen molar-refractivity contribution in [3.63, 3.8) is 0 Å². The fourth-order valence-electron chi connectivity index (χ4n) is 1.32. The molecule has 2 heteroatoms. The maximum absolute atomic E-state index is 3.55. The third-order valence-corrected chi connectivity index (χ3v) is 3.52. The van der Waals surface area contributed by atoms with Gasteiger partial charge in [0.1, 0.15) is 0 Å². The van der Waals surface area contributed by atoms with Crippen LogP contribution in [-0.2, 0) is 0 Å². The number of thioether (sulfide) groups is 1. The van der Waals surface area contributed by atoms with E-state index in [1.165, 1.54) is 56.6 Å². The van der Waals surface area contributed by atoms with Gasteiger partial charge in [-0.15, -0.1) is 0 Å². The van der Waals surface area contributed by atoms with Crippen molar-refractivity contribution in [2.24, 2.45) is 0 Å². The molecule has 1 aliphatic rings. The van der Waals surface area contributed by atoms with Gasteiger partial charge in [0.2, 0.25) is 0 Å². The fraction of sp³-hybridized carbons (Fsp3) is 1.00. The van der Waals surface area contributed by atoms with Gasteiger partial charge in [-0.05, 0) is 43.7 Å². The molecule has 1 aliphatic carbocycles. The number of nitrogens with one attached hydrogen (secondary N) is 1. The van der Waals surface area contributed by atoms with E-state index in [1.54, 1.807) is 0 Å². The minimum absolute atomic E-state index is 0.894. The maximum Gasteiger partial charge on any atom is 0.00682 e. The molecule has 0 heterocycles. The predicted octanol–water partition coefficient (Wildman–Crippen LogP) is 3.05.